The largest absolute Gasteiger partial charge is 0.508 e. The fourth-order valence-corrected chi connectivity index (χ4v) is 2.77. The molecule has 0 aromatic heterocycles. The molecule has 2 unspecified atom stereocenters. The standard InChI is InChI=1S/C13H14Cl2O4/c14-7-5-10(15)8(12(17)6-7)1-2-9-11(16)3-4-19-13(9)18/h5-6,9,11,16-17H,1-4H2. The Labute approximate surface area is 120 Å². The van der Waals surface area contributed by atoms with Crippen LogP contribution in [0.1, 0.15) is 18.4 Å². The Kier molecular flexibility index (Phi) is 4.55. The number of aromatic hydroxyl groups is 1. The van der Waals surface area contributed by atoms with Gasteiger partial charge in [0.25, 0.3) is 0 Å². The van der Waals surface area contributed by atoms with Gasteiger partial charge in [-0.3, -0.25) is 4.79 Å². The number of aliphatic hydroxyl groups is 1. The summed E-state index contributed by atoms with van der Waals surface area (Å²) < 4.78 is 4.91. The second kappa shape index (κ2) is 5.99. The Hall–Kier alpha value is -0.970. The van der Waals surface area contributed by atoms with Crippen molar-refractivity contribution < 1.29 is 19.7 Å². The van der Waals surface area contributed by atoms with Crippen LogP contribution < -0.4 is 0 Å². The van der Waals surface area contributed by atoms with Gasteiger partial charge in [-0.2, -0.15) is 0 Å². The third kappa shape index (κ3) is 3.32. The minimum absolute atomic E-state index is 0.00355. The topological polar surface area (TPSA) is 66.8 Å². The lowest BCUT2D eigenvalue weighted by atomic mass is 9.91. The number of halogens is 2. The molecule has 1 aliphatic rings. The summed E-state index contributed by atoms with van der Waals surface area (Å²) in [4.78, 5) is 11.6. The monoisotopic (exact) mass is 304 g/mol. The first-order valence-corrected chi connectivity index (χ1v) is 6.76. The lowest BCUT2D eigenvalue weighted by Gasteiger charge is -2.26. The number of benzene rings is 1. The molecule has 1 aliphatic heterocycles. The molecule has 0 saturated carbocycles. The molecule has 0 aliphatic carbocycles. The molecule has 0 radical (unpaired) electrons. The van der Waals surface area contributed by atoms with Gasteiger partial charge in [0.15, 0.2) is 0 Å². The van der Waals surface area contributed by atoms with Crippen molar-refractivity contribution >= 4 is 29.2 Å². The van der Waals surface area contributed by atoms with E-state index in [-0.39, 0.29) is 12.4 Å². The Morgan fingerprint density at radius 3 is 2.74 bits per heavy atom. The summed E-state index contributed by atoms with van der Waals surface area (Å²) in [5.41, 5.74) is 0.525. The summed E-state index contributed by atoms with van der Waals surface area (Å²) in [6, 6.07) is 2.94. The van der Waals surface area contributed by atoms with Crippen LogP contribution in [-0.2, 0) is 16.0 Å². The van der Waals surface area contributed by atoms with Crippen LogP contribution in [0.2, 0.25) is 10.0 Å². The maximum atomic E-state index is 11.6. The maximum Gasteiger partial charge on any atom is 0.311 e. The molecule has 2 N–H and O–H groups in total. The van der Waals surface area contributed by atoms with Crippen LogP contribution in [0.15, 0.2) is 12.1 Å². The van der Waals surface area contributed by atoms with Crippen molar-refractivity contribution in [2.75, 3.05) is 6.61 Å². The number of hydrogen-bond donors (Lipinski definition) is 2. The summed E-state index contributed by atoms with van der Waals surface area (Å²) in [6.45, 7) is 0.253. The number of carbonyl (C=O) groups excluding carboxylic acids is 1. The minimum atomic E-state index is -0.700. The van der Waals surface area contributed by atoms with Gasteiger partial charge in [0.05, 0.1) is 18.6 Å². The molecule has 1 aromatic rings. The molecule has 0 spiro atoms. The van der Waals surface area contributed by atoms with E-state index in [1.165, 1.54) is 12.1 Å². The smallest absolute Gasteiger partial charge is 0.311 e. The van der Waals surface area contributed by atoms with Crippen LogP contribution in [-0.4, -0.2) is 28.9 Å². The number of cyclic esters (lactones) is 1. The summed E-state index contributed by atoms with van der Waals surface area (Å²) >= 11 is 11.8. The van der Waals surface area contributed by atoms with Gasteiger partial charge < -0.3 is 14.9 Å². The van der Waals surface area contributed by atoms with E-state index < -0.39 is 18.0 Å². The van der Waals surface area contributed by atoms with Gasteiger partial charge in [-0.25, -0.2) is 0 Å². The Morgan fingerprint density at radius 1 is 1.37 bits per heavy atom. The number of ether oxygens (including phenoxy) is 1. The second-order valence-electron chi connectivity index (χ2n) is 4.55. The maximum absolute atomic E-state index is 11.6. The lowest BCUT2D eigenvalue weighted by molar-refractivity contribution is -0.160. The van der Waals surface area contributed by atoms with Gasteiger partial charge in [-0.1, -0.05) is 23.2 Å². The molecule has 2 rings (SSSR count). The highest BCUT2D eigenvalue weighted by molar-refractivity contribution is 6.35. The number of esters is 1. The SMILES string of the molecule is O=C1OCCC(O)C1CCc1c(O)cc(Cl)cc1Cl. The van der Waals surface area contributed by atoms with E-state index in [9.17, 15) is 15.0 Å². The first kappa shape index (κ1) is 14.4. The average molecular weight is 305 g/mol. The molecular weight excluding hydrogens is 291 g/mol. The van der Waals surface area contributed by atoms with E-state index >= 15 is 0 Å². The molecule has 1 fully saturated rings. The van der Waals surface area contributed by atoms with Crippen LogP contribution in [0.3, 0.4) is 0 Å². The number of aliphatic hydroxyl groups excluding tert-OH is 1. The summed E-state index contributed by atoms with van der Waals surface area (Å²) in [5.74, 6) is -0.973. The van der Waals surface area contributed by atoms with E-state index in [0.29, 0.717) is 34.9 Å². The fraction of sp³-hybridized carbons (Fsp3) is 0.462. The van der Waals surface area contributed by atoms with E-state index in [2.05, 4.69) is 0 Å². The number of phenols is 1. The molecule has 1 heterocycles. The van der Waals surface area contributed by atoms with Crippen LogP contribution in [0.4, 0.5) is 0 Å². The van der Waals surface area contributed by atoms with Gasteiger partial charge in [-0.15, -0.1) is 0 Å². The van der Waals surface area contributed by atoms with Crippen molar-refractivity contribution in [3.05, 3.63) is 27.7 Å². The first-order valence-electron chi connectivity index (χ1n) is 6.00. The van der Waals surface area contributed by atoms with Gasteiger partial charge >= 0.3 is 5.97 Å². The second-order valence-corrected chi connectivity index (χ2v) is 5.40. The molecule has 6 heteroatoms. The first-order chi connectivity index (χ1) is 8.99. The van der Waals surface area contributed by atoms with E-state index in [1.807, 2.05) is 0 Å². The molecule has 0 amide bonds. The number of hydrogen-bond acceptors (Lipinski definition) is 4. The molecule has 19 heavy (non-hydrogen) atoms. The van der Waals surface area contributed by atoms with Gasteiger partial charge in [0.2, 0.25) is 0 Å². The average Bonchev–Trinajstić information content (AvgIpc) is 2.31. The Bertz CT molecular complexity index is 467. The quantitative estimate of drug-likeness (QED) is 0.842. The van der Waals surface area contributed by atoms with Crippen LogP contribution in [0, 0.1) is 5.92 Å². The van der Waals surface area contributed by atoms with Crippen molar-refractivity contribution in [3.63, 3.8) is 0 Å². The normalized spacial score (nSPS) is 23.2. The molecule has 1 aromatic carbocycles. The molecule has 0 bridgehead atoms. The molecular formula is C13H14Cl2O4. The Balaban J connectivity index is 2.08. The summed E-state index contributed by atoms with van der Waals surface area (Å²) in [5, 5.41) is 20.3. The van der Waals surface area contributed by atoms with Crippen molar-refractivity contribution in [1.82, 2.24) is 0 Å². The van der Waals surface area contributed by atoms with Gasteiger partial charge in [0, 0.05) is 22.0 Å². The Morgan fingerprint density at radius 2 is 2.11 bits per heavy atom. The highest BCUT2D eigenvalue weighted by Crippen LogP contribution is 2.32. The van der Waals surface area contributed by atoms with E-state index in [4.69, 9.17) is 27.9 Å². The van der Waals surface area contributed by atoms with Crippen LogP contribution in [0.25, 0.3) is 0 Å². The van der Waals surface area contributed by atoms with E-state index in [0.717, 1.165) is 0 Å². The predicted molar refractivity (Wildman–Crippen MR) is 71.5 cm³/mol. The van der Waals surface area contributed by atoms with Crippen LogP contribution >= 0.6 is 23.2 Å². The summed E-state index contributed by atoms with van der Waals surface area (Å²) in [7, 11) is 0. The minimum Gasteiger partial charge on any atom is -0.508 e. The van der Waals surface area contributed by atoms with Gasteiger partial charge in [0.1, 0.15) is 5.75 Å². The molecule has 1 saturated heterocycles. The number of carbonyl (C=O) groups is 1. The van der Waals surface area contributed by atoms with Crippen molar-refractivity contribution in [2.45, 2.75) is 25.4 Å². The van der Waals surface area contributed by atoms with Crippen molar-refractivity contribution in [1.29, 1.82) is 0 Å². The van der Waals surface area contributed by atoms with Gasteiger partial charge in [-0.05, 0) is 25.0 Å². The summed E-state index contributed by atoms with van der Waals surface area (Å²) in [6.07, 6.45) is 0.485. The molecule has 2 atom stereocenters. The number of rotatable bonds is 3. The third-order valence-corrected chi connectivity index (χ3v) is 3.82. The highest BCUT2D eigenvalue weighted by atomic mass is 35.5. The molecule has 104 valence electrons. The zero-order chi connectivity index (χ0) is 14.0. The zero-order valence-corrected chi connectivity index (χ0v) is 11.6. The lowest BCUT2D eigenvalue weighted by Crippen LogP contribution is -2.36. The van der Waals surface area contributed by atoms with Crippen molar-refractivity contribution in [3.8, 4) is 5.75 Å². The predicted octanol–water partition coefficient (Wildman–Crippen LogP) is 2.56. The highest BCUT2D eigenvalue weighted by Gasteiger charge is 2.32. The van der Waals surface area contributed by atoms with E-state index in [1.54, 1.807) is 0 Å². The fourth-order valence-electron chi connectivity index (χ4n) is 2.19. The van der Waals surface area contributed by atoms with Crippen LogP contribution in [0.5, 0.6) is 5.75 Å². The zero-order valence-electron chi connectivity index (χ0n) is 10.1. The van der Waals surface area contributed by atoms with Crippen molar-refractivity contribution in [2.24, 2.45) is 5.92 Å². The molecule has 4 nitrogen and oxygen atoms in total. The third-order valence-electron chi connectivity index (χ3n) is 3.27. The number of phenolic OH excluding ortho intramolecular Hbond substituents is 1.